The number of non-ortho nitro benzene ring substituents is 1. The summed E-state index contributed by atoms with van der Waals surface area (Å²) in [6.07, 6.45) is 4.67. The van der Waals surface area contributed by atoms with Gasteiger partial charge < -0.3 is 5.32 Å². The van der Waals surface area contributed by atoms with Crippen LogP contribution >= 0.6 is 12.2 Å². The fraction of sp³-hybridized carbons (Fsp3) is 0.467. The Morgan fingerprint density at radius 3 is 2.48 bits per heavy atom. The van der Waals surface area contributed by atoms with Crippen molar-refractivity contribution in [2.75, 3.05) is 0 Å². The van der Waals surface area contributed by atoms with Crippen LogP contribution in [0.3, 0.4) is 0 Å². The maximum atomic E-state index is 12.0. The summed E-state index contributed by atoms with van der Waals surface area (Å²) in [5, 5.41) is 14.2. The molecule has 0 aromatic heterocycles. The van der Waals surface area contributed by atoms with E-state index in [-0.39, 0.29) is 5.69 Å². The SMILES string of the molecule is C[C@H]1CCCC[C@@H]1NC(=S)NNC(=O)c1ccc([N+](=O)[O-])cc1. The van der Waals surface area contributed by atoms with E-state index in [4.69, 9.17) is 12.2 Å². The third-order valence-electron chi connectivity index (χ3n) is 4.06. The molecule has 0 bridgehead atoms. The summed E-state index contributed by atoms with van der Waals surface area (Å²) < 4.78 is 0. The quantitative estimate of drug-likeness (QED) is 0.445. The van der Waals surface area contributed by atoms with Crippen LogP contribution in [-0.4, -0.2) is 22.0 Å². The number of hydrazine groups is 1. The second kappa shape index (κ2) is 7.87. The van der Waals surface area contributed by atoms with Gasteiger partial charge in [0.25, 0.3) is 11.6 Å². The molecule has 2 atom stereocenters. The third-order valence-corrected chi connectivity index (χ3v) is 4.28. The van der Waals surface area contributed by atoms with Crippen LogP contribution in [0.5, 0.6) is 0 Å². The molecule has 1 saturated carbocycles. The van der Waals surface area contributed by atoms with Gasteiger partial charge in [0.2, 0.25) is 0 Å². The van der Waals surface area contributed by atoms with Crippen molar-refractivity contribution in [1.82, 2.24) is 16.2 Å². The number of nitrogens with one attached hydrogen (secondary N) is 3. The molecular weight excluding hydrogens is 316 g/mol. The first-order chi connectivity index (χ1) is 11.0. The Kier molecular flexibility index (Phi) is 5.86. The summed E-state index contributed by atoms with van der Waals surface area (Å²) >= 11 is 5.18. The van der Waals surface area contributed by atoms with Gasteiger partial charge in [0, 0.05) is 23.7 Å². The summed E-state index contributed by atoms with van der Waals surface area (Å²) in [5.74, 6) is 0.148. The van der Waals surface area contributed by atoms with Crippen molar-refractivity contribution in [2.24, 2.45) is 5.92 Å². The van der Waals surface area contributed by atoms with Crippen LogP contribution in [0.2, 0.25) is 0 Å². The van der Waals surface area contributed by atoms with Gasteiger partial charge in [-0.25, -0.2) is 0 Å². The van der Waals surface area contributed by atoms with Gasteiger partial charge in [-0.05, 0) is 43.1 Å². The summed E-state index contributed by atoms with van der Waals surface area (Å²) in [5.41, 5.74) is 5.42. The topological polar surface area (TPSA) is 96.3 Å². The molecule has 1 aromatic rings. The third kappa shape index (κ3) is 4.88. The summed E-state index contributed by atoms with van der Waals surface area (Å²) in [7, 11) is 0. The monoisotopic (exact) mass is 336 g/mol. The van der Waals surface area contributed by atoms with Gasteiger partial charge in [-0.1, -0.05) is 19.8 Å². The lowest BCUT2D eigenvalue weighted by atomic mass is 9.86. The normalized spacial score (nSPS) is 20.4. The Balaban J connectivity index is 1.81. The van der Waals surface area contributed by atoms with Gasteiger partial charge >= 0.3 is 0 Å². The number of carbonyl (C=O) groups is 1. The number of nitrogens with zero attached hydrogens (tertiary/aromatic N) is 1. The molecule has 0 saturated heterocycles. The Bertz CT molecular complexity index is 591. The smallest absolute Gasteiger partial charge is 0.269 e. The molecule has 1 aliphatic rings. The minimum Gasteiger partial charge on any atom is -0.358 e. The molecule has 1 amide bonds. The van der Waals surface area contributed by atoms with E-state index >= 15 is 0 Å². The Morgan fingerprint density at radius 1 is 1.22 bits per heavy atom. The van der Waals surface area contributed by atoms with E-state index in [0.29, 0.717) is 22.6 Å². The second-order valence-electron chi connectivity index (χ2n) is 5.72. The number of nitro groups is 1. The fourth-order valence-corrected chi connectivity index (χ4v) is 2.86. The highest BCUT2D eigenvalue weighted by Gasteiger charge is 2.21. The van der Waals surface area contributed by atoms with Crippen LogP contribution in [0.25, 0.3) is 0 Å². The summed E-state index contributed by atoms with van der Waals surface area (Å²) in [4.78, 5) is 22.0. The van der Waals surface area contributed by atoms with E-state index in [2.05, 4.69) is 23.1 Å². The van der Waals surface area contributed by atoms with Crippen LogP contribution in [0.15, 0.2) is 24.3 Å². The molecule has 3 N–H and O–H groups in total. The van der Waals surface area contributed by atoms with Crippen LogP contribution in [0.1, 0.15) is 43.0 Å². The maximum absolute atomic E-state index is 12.0. The predicted molar refractivity (Wildman–Crippen MR) is 90.9 cm³/mol. The van der Waals surface area contributed by atoms with E-state index in [1.807, 2.05) is 0 Å². The van der Waals surface area contributed by atoms with Crippen LogP contribution in [-0.2, 0) is 0 Å². The van der Waals surface area contributed by atoms with Gasteiger partial charge in [0.1, 0.15) is 0 Å². The number of thiocarbonyl (C=S) groups is 1. The van der Waals surface area contributed by atoms with Crippen molar-refractivity contribution in [1.29, 1.82) is 0 Å². The zero-order valence-corrected chi connectivity index (χ0v) is 13.7. The molecule has 0 unspecified atom stereocenters. The molecular formula is C15H20N4O3S. The Labute approximate surface area is 140 Å². The number of nitro benzene ring substituents is 1. The molecule has 7 nitrogen and oxygen atoms in total. The van der Waals surface area contributed by atoms with E-state index in [1.165, 1.54) is 43.5 Å². The van der Waals surface area contributed by atoms with Crippen molar-refractivity contribution in [3.8, 4) is 0 Å². The zero-order valence-electron chi connectivity index (χ0n) is 12.9. The molecule has 1 fully saturated rings. The standard InChI is InChI=1S/C15H20N4O3S/c1-10-4-2-3-5-13(10)16-15(23)18-17-14(20)11-6-8-12(9-7-11)19(21)22/h6-10,13H,2-5H2,1H3,(H,17,20)(H2,16,18,23)/t10-,13-/m0/s1. The number of hydrogen-bond acceptors (Lipinski definition) is 4. The highest BCUT2D eigenvalue weighted by atomic mass is 32.1. The lowest BCUT2D eigenvalue weighted by Gasteiger charge is -2.30. The fourth-order valence-electron chi connectivity index (χ4n) is 2.66. The minimum absolute atomic E-state index is 0.0574. The van der Waals surface area contributed by atoms with Gasteiger partial charge in [0.05, 0.1) is 4.92 Å². The first-order valence-corrected chi connectivity index (χ1v) is 7.99. The molecule has 23 heavy (non-hydrogen) atoms. The van der Waals surface area contributed by atoms with Gasteiger partial charge in [0.15, 0.2) is 5.11 Å². The minimum atomic E-state index is -0.510. The first kappa shape index (κ1) is 17.1. The van der Waals surface area contributed by atoms with E-state index in [1.54, 1.807) is 0 Å². The number of hydrogen-bond donors (Lipinski definition) is 3. The molecule has 1 aromatic carbocycles. The molecule has 0 aliphatic heterocycles. The van der Waals surface area contributed by atoms with Crippen LogP contribution < -0.4 is 16.2 Å². The van der Waals surface area contributed by atoms with Crippen LogP contribution in [0.4, 0.5) is 5.69 Å². The van der Waals surface area contributed by atoms with Gasteiger partial charge in [-0.2, -0.15) is 0 Å². The highest BCUT2D eigenvalue weighted by molar-refractivity contribution is 7.80. The molecule has 0 radical (unpaired) electrons. The lowest BCUT2D eigenvalue weighted by molar-refractivity contribution is -0.384. The Hall–Kier alpha value is -2.22. The Morgan fingerprint density at radius 2 is 1.87 bits per heavy atom. The number of rotatable bonds is 3. The van der Waals surface area contributed by atoms with Crippen molar-refractivity contribution in [3.05, 3.63) is 39.9 Å². The average molecular weight is 336 g/mol. The molecule has 124 valence electrons. The number of benzene rings is 1. The molecule has 1 aliphatic carbocycles. The molecule has 0 heterocycles. The average Bonchev–Trinajstić information content (AvgIpc) is 2.55. The van der Waals surface area contributed by atoms with Crippen molar-refractivity contribution >= 4 is 28.9 Å². The number of amides is 1. The zero-order chi connectivity index (χ0) is 16.8. The van der Waals surface area contributed by atoms with Gasteiger partial charge in [-0.3, -0.25) is 25.8 Å². The maximum Gasteiger partial charge on any atom is 0.269 e. The predicted octanol–water partition coefficient (Wildman–Crippen LogP) is 2.28. The van der Waals surface area contributed by atoms with Gasteiger partial charge in [-0.15, -0.1) is 0 Å². The molecule has 0 spiro atoms. The summed E-state index contributed by atoms with van der Waals surface area (Å²) in [6, 6.07) is 5.69. The van der Waals surface area contributed by atoms with Crippen molar-refractivity contribution in [2.45, 2.75) is 38.6 Å². The van der Waals surface area contributed by atoms with E-state index in [9.17, 15) is 14.9 Å². The summed E-state index contributed by atoms with van der Waals surface area (Å²) in [6.45, 7) is 2.19. The van der Waals surface area contributed by atoms with E-state index in [0.717, 1.165) is 6.42 Å². The first-order valence-electron chi connectivity index (χ1n) is 7.58. The molecule has 8 heteroatoms. The van der Waals surface area contributed by atoms with E-state index < -0.39 is 10.8 Å². The lowest BCUT2D eigenvalue weighted by Crippen LogP contribution is -2.51. The van der Waals surface area contributed by atoms with Crippen molar-refractivity contribution in [3.63, 3.8) is 0 Å². The number of carbonyl (C=O) groups excluding carboxylic acids is 1. The largest absolute Gasteiger partial charge is 0.358 e. The van der Waals surface area contributed by atoms with Crippen molar-refractivity contribution < 1.29 is 9.72 Å². The van der Waals surface area contributed by atoms with Crippen LogP contribution in [0, 0.1) is 16.0 Å². The molecule has 2 rings (SSSR count). The second-order valence-corrected chi connectivity index (χ2v) is 6.13. The highest BCUT2D eigenvalue weighted by Crippen LogP contribution is 2.23.